The summed E-state index contributed by atoms with van der Waals surface area (Å²) in [6.45, 7) is 5.74. The second-order valence-electron chi connectivity index (χ2n) is 11.0. The highest BCUT2D eigenvalue weighted by molar-refractivity contribution is 9.10. The van der Waals surface area contributed by atoms with Crippen molar-refractivity contribution in [1.82, 2.24) is 5.32 Å². The topological polar surface area (TPSA) is 122 Å². The maximum absolute atomic E-state index is 14.0. The summed E-state index contributed by atoms with van der Waals surface area (Å²) >= 11 is 3.53. The molecule has 0 saturated carbocycles. The van der Waals surface area contributed by atoms with Crippen LogP contribution in [0.5, 0.6) is 5.75 Å². The van der Waals surface area contributed by atoms with Crippen molar-refractivity contribution >= 4 is 50.6 Å². The van der Waals surface area contributed by atoms with Crippen molar-refractivity contribution in [2.24, 2.45) is 5.41 Å². The number of sulfone groups is 1. The molecule has 3 aromatic rings. The zero-order valence-electron chi connectivity index (χ0n) is 25.2. The summed E-state index contributed by atoms with van der Waals surface area (Å²) in [5.41, 5.74) is 1.37. The van der Waals surface area contributed by atoms with E-state index in [-0.39, 0.29) is 23.0 Å². The number of ether oxygens (including phenoxy) is 1. The number of para-hydroxylation sites is 1. The maximum Gasteiger partial charge on any atom is 0.354 e. The van der Waals surface area contributed by atoms with Crippen LogP contribution in [0.1, 0.15) is 57.8 Å². The lowest BCUT2D eigenvalue weighted by molar-refractivity contribution is -0.123. The van der Waals surface area contributed by atoms with Gasteiger partial charge in [-0.1, -0.05) is 75.2 Å². The van der Waals surface area contributed by atoms with E-state index in [1.165, 1.54) is 6.07 Å². The number of fused-ring (bicyclic) bond motifs is 1. The molecule has 0 aromatic heterocycles. The number of rotatable bonds is 13. The van der Waals surface area contributed by atoms with E-state index in [9.17, 15) is 22.7 Å². The summed E-state index contributed by atoms with van der Waals surface area (Å²) in [4.78, 5) is 25.8. The monoisotopic (exact) mass is 706 g/mol. The molecule has 0 aliphatic carbocycles. The van der Waals surface area contributed by atoms with E-state index in [1.807, 2.05) is 37.3 Å². The molecule has 1 aliphatic rings. The van der Waals surface area contributed by atoms with Gasteiger partial charge in [0.2, 0.25) is 0 Å². The molecule has 1 amide bonds. The van der Waals surface area contributed by atoms with Crippen molar-refractivity contribution < 1.29 is 31.9 Å². The van der Waals surface area contributed by atoms with Gasteiger partial charge in [0.25, 0.3) is 5.91 Å². The highest BCUT2D eigenvalue weighted by Gasteiger charge is 2.42. The van der Waals surface area contributed by atoms with Crippen LogP contribution in [0, 0.1) is 5.41 Å². The van der Waals surface area contributed by atoms with Crippen LogP contribution in [0.4, 0.5) is 11.4 Å². The third kappa shape index (κ3) is 7.93. The normalized spacial score (nSPS) is 19.7. The van der Waals surface area contributed by atoms with E-state index in [0.717, 1.165) is 24.9 Å². The number of hydrogen-bond acceptors (Lipinski definition) is 7. The van der Waals surface area contributed by atoms with E-state index in [1.54, 1.807) is 43.3 Å². The van der Waals surface area contributed by atoms with Crippen LogP contribution in [0.2, 0.25) is 0 Å². The second kappa shape index (κ2) is 14.6. The molecule has 0 spiro atoms. The quantitative estimate of drug-likeness (QED) is 0.177. The van der Waals surface area contributed by atoms with E-state index < -0.39 is 41.1 Å². The summed E-state index contributed by atoms with van der Waals surface area (Å²) in [5.74, 6) is -1.81. The molecule has 0 saturated heterocycles. The lowest BCUT2D eigenvalue weighted by Crippen LogP contribution is -2.37. The molecule has 0 fully saturated rings. The van der Waals surface area contributed by atoms with Gasteiger partial charge >= 0.3 is 7.60 Å². The molecule has 1 heterocycles. The summed E-state index contributed by atoms with van der Waals surface area (Å²) in [6, 6.07) is 21.3. The Morgan fingerprint density at radius 2 is 1.75 bits per heavy atom. The first-order valence-corrected chi connectivity index (χ1v) is 18.9. The molecule has 0 radical (unpaired) electrons. The van der Waals surface area contributed by atoms with Gasteiger partial charge in [0.15, 0.2) is 22.2 Å². The summed E-state index contributed by atoms with van der Waals surface area (Å²) in [5, 5.41) is 2.56. The highest BCUT2D eigenvalue weighted by Crippen LogP contribution is 2.55. The SMILES string of the molecule is CCCCC1(CC)CN(c2ccccc2)c2cc(Br)c(OCC(=O)N[C@H](c3ccccc3)P(=O)(O)OCC)cc2S(=O)(=O)C1. The standard InChI is InChI=1S/C32H40BrN2O7PS/c1-4-7-18-32(5-2)22-35(25-16-12-9-13-17-25)27-19-26(33)28(20-29(27)44(39,40)23-32)41-21-30(36)34-31(43(37,38)42-6-3)24-14-10-8-11-15-24/h8-17,19-20,31H,4-7,18,21-23H2,1-3H3,(H,34,36)(H,37,38)/t31-,32?/m0/s1. The molecule has 1 aliphatic heterocycles. The van der Waals surface area contributed by atoms with Gasteiger partial charge in [0, 0.05) is 23.7 Å². The van der Waals surface area contributed by atoms with Gasteiger partial charge in [0.1, 0.15) is 5.75 Å². The Kier molecular flexibility index (Phi) is 11.3. The highest BCUT2D eigenvalue weighted by atomic mass is 79.9. The van der Waals surface area contributed by atoms with Crippen LogP contribution in [0.3, 0.4) is 0 Å². The van der Waals surface area contributed by atoms with Gasteiger partial charge in [0.05, 0.1) is 27.4 Å². The van der Waals surface area contributed by atoms with E-state index in [2.05, 4.69) is 33.1 Å². The van der Waals surface area contributed by atoms with Crippen molar-refractivity contribution in [2.45, 2.75) is 57.1 Å². The number of hydrogen-bond donors (Lipinski definition) is 2. The van der Waals surface area contributed by atoms with Crippen LogP contribution < -0.4 is 15.0 Å². The number of carbonyl (C=O) groups excluding carboxylic acids is 1. The molecule has 12 heteroatoms. The fraction of sp³-hybridized carbons (Fsp3) is 0.406. The van der Waals surface area contributed by atoms with E-state index >= 15 is 0 Å². The van der Waals surface area contributed by atoms with Crippen molar-refractivity contribution in [3.63, 3.8) is 0 Å². The number of unbranched alkanes of at least 4 members (excludes halogenated alkanes) is 1. The Morgan fingerprint density at radius 3 is 2.36 bits per heavy atom. The number of nitrogens with one attached hydrogen (secondary N) is 1. The number of anilines is 2. The Balaban J connectivity index is 1.66. The fourth-order valence-corrected chi connectivity index (χ4v) is 9.56. The fourth-order valence-electron chi connectivity index (χ4n) is 5.56. The Labute approximate surface area is 268 Å². The zero-order valence-corrected chi connectivity index (χ0v) is 28.5. The van der Waals surface area contributed by atoms with Crippen LogP contribution >= 0.6 is 23.5 Å². The molecular weight excluding hydrogens is 667 g/mol. The number of carbonyl (C=O) groups is 1. The summed E-state index contributed by atoms with van der Waals surface area (Å²) in [7, 11) is -8.02. The molecular formula is C32H40BrN2O7PS. The van der Waals surface area contributed by atoms with Crippen molar-refractivity contribution in [3.05, 3.63) is 82.8 Å². The lowest BCUT2D eigenvalue weighted by Gasteiger charge is -2.36. The Bertz CT molecular complexity index is 1590. The molecule has 44 heavy (non-hydrogen) atoms. The smallest absolute Gasteiger partial charge is 0.354 e. The minimum Gasteiger partial charge on any atom is -0.483 e. The van der Waals surface area contributed by atoms with E-state index in [4.69, 9.17) is 9.26 Å². The number of halogens is 1. The molecule has 0 bridgehead atoms. The lowest BCUT2D eigenvalue weighted by atomic mass is 9.81. The molecule has 2 unspecified atom stereocenters. The molecule has 9 nitrogen and oxygen atoms in total. The first-order valence-electron chi connectivity index (χ1n) is 14.8. The van der Waals surface area contributed by atoms with Gasteiger partial charge in [-0.15, -0.1) is 0 Å². The minimum absolute atomic E-state index is 0.00361. The number of nitrogens with zero attached hydrogens (tertiary/aromatic N) is 1. The van der Waals surface area contributed by atoms with Crippen LogP contribution in [0.25, 0.3) is 0 Å². The van der Waals surface area contributed by atoms with Crippen molar-refractivity contribution in [2.75, 3.05) is 30.4 Å². The molecule has 3 atom stereocenters. The average Bonchev–Trinajstić information content (AvgIpc) is 3.10. The minimum atomic E-state index is -4.26. The molecule has 3 aromatic carbocycles. The van der Waals surface area contributed by atoms with Gasteiger partial charge in [-0.2, -0.15) is 0 Å². The first kappa shape index (κ1) is 34.2. The Hall–Kier alpha value is -2.69. The van der Waals surface area contributed by atoms with Crippen LogP contribution in [-0.4, -0.2) is 44.7 Å². The van der Waals surface area contributed by atoms with Crippen LogP contribution in [0.15, 0.2) is 82.2 Å². The van der Waals surface area contributed by atoms with Gasteiger partial charge < -0.3 is 24.4 Å². The number of benzene rings is 3. The maximum atomic E-state index is 14.0. The molecule has 4 rings (SSSR count). The second-order valence-corrected chi connectivity index (χ2v) is 15.8. The van der Waals surface area contributed by atoms with Crippen molar-refractivity contribution in [3.8, 4) is 5.75 Å². The predicted octanol–water partition coefficient (Wildman–Crippen LogP) is 7.38. The van der Waals surface area contributed by atoms with Crippen LogP contribution in [-0.2, 0) is 23.7 Å². The predicted molar refractivity (Wildman–Crippen MR) is 176 cm³/mol. The molecule has 238 valence electrons. The number of amides is 1. The summed E-state index contributed by atoms with van der Waals surface area (Å²) in [6.07, 6.45) is 3.37. The third-order valence-electron chi connectivity index (χ3n) is 7.92. The van der Waals surface area contributed by atoms with Gasteiger partial charge in [-0.25, -0.2) is 8.42 Å². The van der Waals surface area contributed by atoms with E-state index in [0.29, 0.717) is 28.7 Å². The zero-order chi connectivity index (χ0) is 32.0. The largest absolute Gasteiger partial charge is 0.483 e. The Morgan fingerprint density at radius 1 is 1.09 bits per heavy atom. The first-order chi connectivity index (χ1) is 20.9. The van der Waals surface area contributed by atoms with Gasteiger partial charge in [-0.3, -0.25) is 9.36 Å². The average molecular weight is 708 g/mol. The molecule has 2 N–H and O–H groups in total. The summed E-state index contributed by atoms with van der Waals surface area (Å²) < 4.78 is 52.4. The van der Waals surface area contributed by atoms with Crippen molar-refractivity contribution in [1.29, 1.82) is 0 Å². The third-order valence-corrected chi connectivity index (χ3v) is 12.2. The van der Waals surface area contributed by atoms with Gasteiger partial charge in [-0.05, 0) is 59.5 Å².